The predicted octanol–water partition coefficient (Wildman–Crippen LogP) is 3.28. The molecule has 0 spiro atoms. The molecule has 4 rings (SSSR count). The predicted molar refractivity (Wildman–Crippen MR) is 166 cm³/mol. The molecule has 1 aromatic carbocycles. The van der Waals surface area contributed by atoms with Gasteiger partial charge in [0.1, 0.15) is 17.3 Å². The number of carbonyl (C=O) groups is 2. The first kappa shape index (κ1) is 33.3. The van der Waals surface area contributed by atoms with E-state index in [1.165, 1.54) is 13.5 Å². The molecule has 0 unspecified atom stereocenters. The average molecular weight is 619 g/mol. The summed E-state index contributed by atoms with van der Waals surface area (Å²) in [4.78, 5) is 30.7. The first-order chi connectivity index (χ1) is 20.4. The molecule has 3 aliphatic rings. The fraction of sp³-hybridized carbons (Fsp3) is 0.625. The van der Waals surface area contributed by atoms with Crippen molar-refractivity contribution in [1.29, 1.82) is 0 Å². The second-order valence-electron chi connectivity index (χ2n) is 12.4. The first-order valence-corrected chi connectivity index (χ1v) is 15.6. The van der Waals surface area contributed by atoms with Gasteiger partial charge in [0, 0.05) is 29.1 Å². The largest absolute Gasteiger partial charge is 0.510 e. The maximum atomic E-state index is 14.2. The summed E-state index contributed by atoms with van der Waals surface area (Å²) < 4.78 is 5.98. The summed E-state index contributed by atoms with van der Waals surface area (Å²) in [5.41, 5.74) is 6.39. The van der Waals surface area contributed by atoms with Gasteiger partial charge in [0.25, 0.3) is 0 Å². The number of amides is 1. The van der Waals surface area contributed by atoms with Crippen LogP contribution in [0.4, 0.5) is 0 Å². The van der Waals surface area contributed by atoms with Crippen molar-refractivity contribution >= 4 is 23.3 Å². The molecule has 1 fully saturated rings. The fourth-order valence-corrected chi connectivity index (χ4v) is 7.80. The third kappa shape index (κ3) is 5.80. The average Bonchev–Trinajstić information content (AvgIpc) is 2.97. The molecule has 10 nitrogen and oxygen atoms in total. The van der Waals surface area contributed by atoms with E-state index < -0.39 is 30.0 Å². The van der Waals surface area contributed by atoms with Crippen LogP contribution in [0.15, 0.2) is 28.7 Å². The van der Waals surface area contributed by atoms with Gasteiger partial charge in [-0.15, -0.1) is 0 Å². The molecule has 2 aliphatic carbocycles. The SMILES string of the molecule is CCN(C)[C@H](/C(O)=C(\CO)C(N)=O)[C@@H]1C[C@@H]2Cc3c(Cl)c(CN4CCCC[C@@H]4C)cc(O)c3C(=O)C2=C(OC)[C@]1(C)NC. The zero-order valence-electron chi connectivity index (χ0n) is 26.2. The molecular weight excluding hydrogens is 572 g/mol. The Morgan fingerprint density at radius 2 is 2.07 bits per heavy atom. The third-order valence-electron chi connectivity index (χ3n) is 10.2. The van der Waals surface area contributed by atoms with Gasteiger partial charge in [-0.3, -0.25) is 19.4 Å². The van der Waals surface area contributed by atoms with E-state index in [-0.39, 0.29) is 34.3 Å². The summed E-state index contributed by atoms with van der Waals surface area (Å²) in [6, 6.07) is 1.29. The number of fused-ring (bicyclic) bond motifs is 2. The van der Waals surface area contributed by atoms with Gasteiger partial charge in [0.2, 0.25) is 5.91 Å². The van der Waals surface area contributed by atoms with Crippen molar-refractivity contribution in [3.63, 3.8) is 0 Å². The Labute approximate surface area is 259 Å². The number of halogens is 1. The van der Waals surface area contributed by atoms with Crippen LogP contribution in [0.2, 0.25) is 5.02 Å². The lowest BCUT2D eigenvalue weighted by Gasteiger charge is -2.51. The Morgan fingerprint density at radius 1 is 1.37 bits per heavy atom. The third-order valence-corrected chi connectivity index (χ3v) is 10.7. The highest BCUT2D eigenvalue weighted by molar-refractivity contribution is 6.33. The number of likely N-dealkylation sites (N-methyl/N-ethyl adjacent to an activating group) is 2. The number of Topliss-reactive ketones (excluding diaryl/α,β-unsaturated/α-hetero) is 1. The van der Waals surface area contributed by atoms with Crippen LogP contribution >= 0.6 is 11.6 Å². The van der Waals surface area contributed by atoms with Crippen LogP contribution in [-0.4, -0.2) is 95.3 Å². The normalized spacial score (nSPS) is 27.5. The lowest BCUT2D eigenvalue weighted by Crippen LogP contribution is -2.61. The van der Waals surface area contributed by atoms with Crippen LogP contribution in [0, 0.1) is 11.8 Å². The van der Waals surface area contributed by atoms with Gasteiger partial charge >= 0.3 is 0 Å². The number of hydrogen-bond donors (Lipinski definition) is 5. The number of hydrogen-bond acceptors (Lipinski definition) is 9. The van der Waals surface area contributed by atoms with Gasteiger partial charge in [-0.2, -0.15) is 0 Å². The van der Waals surface area contributed by atoms with Gasteiger partial charge in [-0.1, -0.05) is 24.9 Å². The van der Waals surface area contributed by atoms with Crippen LogP contribution in [0.5, 0.6) is 5.75 Å². The van der Waals surface area contributed by atoms with Gasteiger partial charge < -0.3 is 31.1 Å². The number of methoxy groups -OCH3 is 1. The monoisotopic (exact) mass is 618 g/mol. The second-order valence-corrected chi connectivity index (χ2v) is 12.8. The quantitative estimate of drug-likeness (QED) is 0.197. The van der Waals surface area contributed by atoms with Crippen LogP contribution in [0.25, 0.3) is 0 Å². The van der Waals surface area contributed by atoms with E-state index in [0.717, 1.165) is 24.9 Å². The van der Waals surface area contributed by atoms with Gasteiger partial charge in [0.15, 0.2) is 5.78 Å². The summed E-state index contributed by atoms with van der Waals surface area (Å²) in [5, 5.41) is 36.4. The topological polar surface area (TPSA) is 149 Å². The minimum atomic E-state index is -0.974. The highest BCUT2D eigenvalue weighted by Crippen LogP contribution is 2.51. The van der Waals surface area contributed by atoms with E-state index in [1.54, 1.807) is 13.1 Å². The zero-order chi connectivity index (χ0) is 31.8. The van der Waals surface area contributed by atoms with Crippen LogP contribution in [-0.2, 0) is 22.5 Å². The number of aliphatic hydroxyl groups is 2. The molecule has 11 heteroatoms. The molecule has 0 radical (unpaired) electrons. The number of rotatable bonds is 10. The Balaban J connectivity index is 1.86. The van der Waals surface area contributed by atoms with Crippen molar-refractivity contribution < 1.29 is 29.6 Å². The van der Waals surface area contributed by atoms with Crippen molar-refractivity contribution in [2.75, 3.05) is 40.9 Å². The van der Waals surface area contributed by atoms with Gasteiger partial charge in [-0.05, 0) is 89.8 Å². The van der Waals surface area contributed by atoms with E-state index in [9.17, 15) is 24.9 Å². The van der Waals surface area contributed by atoms with E-state index in [2.05, 4.69) is 17.1 Å². The first-order valence-electron chi connectivity index (χ1n) is 15.2. The molecule has 0 aromatic heterocycles. The lowest BCUT2D eigenvalue weighted by molar-refractivity contribution is -0.115. The fourth-order valence-electron chi connectivity index (χ4n) is 7.51. The number of ketones is 1. The standard InChI is InChI=1S/C32H47ClN4O6/c1-7-36(5)27(28(40)21(16-38)31(34)42)22-13-18-12-20-25(29(41)24(18)30(43-6)32(22,3)35-4)23(39)14-19(26(20)33)15-37-11-9-8-10-17(37)2/h14,17-18,22,27,35,38-40H,7-13,15-16H2,1-6H3,(H2,34,42)/b28-21-/t17-,18-,22-,27-,32+/m0/s1. The number of ether oxygens (including phenoxy) is 1. The molecular formula is C32H47ClN4O6. The van der Waals surface area contributed by atoms with Crippen LogP contribution < -0.4 is 11.1 Å². The second kappa shape index (κ2) is 13.2. The number of phenols is 1. The maximum absolute atomic E-state index is 14.2. The number of carbonyl (C=O) groups excluding carboxylic acids is 2. The Kier molecular flexibility index (Phi) is 10.2. The van der Waals surface area contributed by atoms with Crippen molar-refractivity contribution in [3.05, 3.63) is 50.4 Å². The Bertz CT molecular complexity index is 1330. The molecule has 0 bridgehead atoms. The number of aliphatic hydroxyl groups excluding tert-OH is 2. The molecule has 1 aromatic rings. The number of nitrogens with two attached hydrogens (primary N) is 1. The van der Waals surface area contributed by atoms with Crippen molar-refractivity contribution in [1.82, 2.24) is 15.1 Å². The summed E-state index contributed by atoms with van der Waals surface area (Å²) in [6.07, 6.45) is 4.23. The van der Waals surface area contributed by atoms with Crippen molar-refractivity contribution in [2.45, 2.75) is 77.0 Å². The number of aromatic hydroxyl groups is 1. The Morgan fingerprint density at radius 3 is 2.63 bits per heavy atom. The number of nitrogens with one attached hydrogen (secondary N) is 1. The number of nitrogens with zero attached hydrogens (tertiary/aromatic N) is 2. The zero-order valence-corrected chi connectivity index (χ0v) is 26.9. The molecule has 1 saturated heterocycles. The highest BCUT2D eigenvalue weighted by Gasteiger charge is 2.54. The minimum Gasteiger partial charge on any atom is -0.510 e. The maximum Gasteiger partial charge on any atom is 0.250 e. The number of likely N-dealkylation sites (tertiary alicyclic amines) is 1. The number of benzene rings is 1. The van der Waals surface area contributed by atoms with Crippen molar-refractivity contribution in [3.8, 4) is 5.75 Å². The molecule has 1 heterocycles. The van der Waals surface area contributed by atoms with Gasteiger partial charge in [-0.25, -0.2) is 0 Å². The summed E-state index contributed by atoms with van der Waals surface area (Å²) >= 11 is 7.05. The van der Waals surface area contributed by atoms with E-state index in [1.807, 2.05) is 25.8 Å². The van der Waals surface area contributed by atoms with E-state index in [0.29, 0.717) is 53.9 Å². The van der Waals surface area contributed by atoms with Crippen molar-refractivity contribution in [2.24, 2.45) is 17.6 Å². The molecule has 5 atom stereocenters. The molecule has 6 N–H and O–H groups in total. The minimum absolute atomic E-state index is 0.0861. The smallest absolute Gasteiger partial charge is 0.250 e. The van der Waals surface area contributed by atoms with E-state index >= 15 is 0 Å². The van der Waals surface area contributed by atoms with Crippen LogP contribution in [0.3, 0.4) is 0 Å². The summed E-state index contributed by atoms with van der Waals surface area (Å²) in [5.74, 6) is -1.98. The van der Waals surface area contributed by atoms with Crippen LogP contribution in [0.1, 0.15) is 67.9 Å². The number of phenolic OH excluding ortho intramolecular Hbond substituents is 1. The molecule has 1 amide bonds. The number of allylic oxidation sites excluding steroid dienone is 1. The number of piperidine rings is 1. The molecule has 43 heavy (non-hydrogen) atoms. The van der Waals surface area contributed by atoms with E-state index in [4.69, 9.17) is 22.1 Å². The molecule has 238 valence electrons. The molecule has 0 saturated carbocycles. The lowest BCUT2D eigenvalue weighted by atomic mass is 9.61. The van der Waals surface area contributed by atoms with Gasteiger partial charge in [0.05, 0.1) is 36.4 Å². The highest BCUT2D eigenvalue weighted by atomic mass is 35.5. The number of primary amides is 1. The Hall–Kier alpha value is -2.63. The summed E-state index contributed by atoms with van der Waals surface area (Å²) in [7, 11) is 5.08. The summed E-state index contributed by atoms with van der Waals surface area (Å²) in [6.45, 7) is 7.37. The molecule has 1 aliphatic heterocycles.